The van der Waals surface area contributed by atoms with Gasteiger partial charge in [-0.3, -0.25) is 0 Å². The number of phenols is 1. The zero-order valence-electron chi connectivity index (χ0n) is 12.7. The van der Waals surface area contributed by atoms with Crippen molar-refractivity contribution in [2.24, 2.45) is 0 Å². The van der Waals surface area contributed by atoms with Crippen LogP contribution in [0.2, 0.25) is 0 Å². The monoisotopic (exact) mass is 274 g/mol. The van der Waals surface area contributed by atoms with Crippen molar-refractivity contribution < 1.29 is 5.11 Å². The number of hydrogen-bond acceptors (Lipinski definition) is 3. The van der Waals surface area contributed by atoms with Gasteiger partial charge in [0.15, 0.2) is 0 Å². The van der Waals surface area contributed by atoms with Crippen LogP contribution < -0.4 is 5.32 Å². The highest BCUT2D eigenvalue weighted by Crippen LogP contribution is 2.29. The van der Waals surface area contributed by atoms with E-state index in [0.717, 1.165) is 23.7 Å². The van der Waals surface area contributed by atoms with Crippen molar-refractivity contribution in [2.75, 3.05) is 13.1 Å². The van der Waals surface area contributed by atoms with Crippen LogP contribution in [0.1, 0.15) is 42.4 Å². The van der Waals surface area contributed by atoms with Gasteiger partial charge in [0.25, 0.3) is 0 Å². The van der Waals surface area contributed by atoms with E-state index in [2.05, 4.69) is 22.3 Å². The molecule has 1 heterocycles. The average molecular weight is 274 g/mol. The van der Waals surface area contributed by atoms with Gasteiger partial charge in [-0.15, -0.1) is 0 Å². The molecule has 1 saturated carbocycles. The molecular weight excluding hydrogens is 248 g/mol. The van der Waals surface area contributed by atoms with E-state index in [1.165, 1.54) is 44.3 Å². The Kier molecular flexibility index (Phi) is 3.99. The lowest BCUT2D eigenvalue weighted by atomic mass is 10.0. The standard InChI is InChI=1S/C17H26N2O/c1-12-9-14(10-13(2)17(12)20)11-18-15-5-7-19(8-6-15)16-3-4-16/h9-10,15-16,18,20H,3-8,11H2,1-2H3. The first-order chi connectivity index (χ1) is 9.63. The minimum absolute atomic E-state index is 0.437. The van der Waals surface area contributed by atoms with Gasteiger partial charge in [-0.25, -0.2) is 0 Å². The number of likely N-dealkylation sites (tertiary alicyclic amines) is 1. The first-order valence-corrected chi connectivity index (χ1v) is 7.90. The zero-order valence-corrected chi connectivity index (χ0v) is 12.7. The van der Waals surface area contributed by atoms with E-state index in [-0.39, 0.29) is 0 Å². The van der Waals surface area contributed by atoms with Crippen LogP contribution in [-0.4, -0.2) is 35.2 Å². The molecule has 2 aliphatic rings. The lowest BCUT2D eigenvalue weighted by Gasteiger charge is -2.32. The van der Waals surface area contributed by atoms with Crippen LogP contribution in [0.4, 0.5) is 0 Å². The summed E-state index contributed by atoms with van der Waals surface area (Å²) < 4.78 is 0. The summed E-state index contributed by atoms with van der Waals surface area (Å²) in [5.41, 5.74) is 3.23. The fourth-order valence-corrected chi connectivity index (χ4v) is 3.32. The maximum Gasteiger partial charge on any atom is 0.121 e. The molecule has 0 radical (unpaired) electrons. The van der Waals surface area contributed by atoms with Gasteiger partial charge in [0.2, 0.25) is 0 Å². The molecule has 0 spiro atoms. The van der Waals surface area contributed by atoms with Gasteiger partial charge in [0, 0.05) is 18.6 Å². The van der Waals surface area contributed by atoms with Gasteiger partial charge >= 0.3 is 0 Å². The number of aryl methyl sites for hydroxylation is 2. The Morgan fingerprint density at radius 3 is 2.25 bits per heavy atom. The van der Waals surface area contributed by atoms with Gasteiger partial charge in [0.05, 0.1) is 0 Å². The smallest absolute Gasteiger partial charge is 0.121 e. The second-order valence-electron chi connectivity index (χ2n) is 6.50. The fraction of sp³-hybridized carbons (Fsp3) is 0.647. The van der Waals surface area contributed by atoms with Crippen molar-refractivity contribution in [1.82, 2.24) is 10.2 Å². The molecule has 1 saturated heterocycles. The number of nitrogens with one attached hydrogen (secondary N) is 1. The molecule has 3 heteroatoms. The highest BCUT2D eigenvalue weighted by Gasteiger charge is 2.31. The first-order valence-electron chi connectivity index (χ1n) is 7.90. The number of hydrogen-bond donors (Lipinski definition) is 2. The summed E-state index contributed by atoms with van der Waals surface area (Å²) in [6, 6.07) is 5.75. The van der Waals surface area contributed by atoms with E-state index in [9.17, 15) is 5.11 Å². The van der Waals surface area contributed by atoms with E-state index >= 15 is 0 Å². The number of phenolic OH excluding ortho intramolecular Hbond substituents is 1. The van der Waals surface area contributed by atoms with Crippen LogP contribution in [-0.2, 0) is 6.54 Å². The highest BCUT2D eigenvalue weighted by molar-refractivity contribution is 5.42. The van der Waals surface area contributed by atoms with Gasteiger partial charge in [0.1, 0.15) is 5.75 Å². The lowest BCUT2D eigenvalue weighted by molar-refractivity contribution is 0.189. The fourth-order valence-electron chi connectivity index (χ4n) is 3.32. The molecule has 110 valence electrons. The number of aromatic hydroxyl groups is 1. The van der Waals surface area contributed by atoms with Crippen LogP contribution in [0.3, 0.4) is 0 Å². The SMILES string of the molecule is Cc1cc(CNC2CCN(C3CC3)CC2)cc(C)c1O. The van der Waals surface area contributed by atoms with Gasteiger partial charge in [-0.2, -0.15) is 0 Å². The minimum Gasteiger partial charge on any atom is -0.507 e. The minimum atomic E-state index is 0.437. The second-order valence-corrected chi connectivity index (χ2v) is 6.50. The predicted molar refractivity (Wildman–Crippen MR) is 82.0 cm³/mol. The van der Waals surface area contributed by atoms with Crippen LogP contribution in [0, 0.1) is 13.8 Å². The van der Waals surface area contributed by atoms with E-state index in [0.29, 0.717) is 11.8 Å². The Morgan fingerprint density at radius 2 is 1.70 bits per heavy atom. The molecule has 3 rings (SSSR count). The molecule has 20 heavy (non-hydrogen) atoms. The summed E-state index contributed by atoms with van der Waals surface area (Å²) >= 11 is 0. The summed E-state index contributed by atoms with van der Waals surface area (Å²) in [5, 5.41) is 13.5. The maximum atomic E-state index is 9.81. The summed E-state index contributed by atoms with van der Waals surface area (Å²) in [6.45, 7) is 7.38. The molecule has 1 aliphatic heterocycles. The Labute approximate surface area is 122 Å². The molecular formula is C17H26N2O. The average Bonchev–Trinajstić information content (AvgIpc) is 3.27. The summed E-state index contributed by atoms with van der Waals surface area (Å²) in [5.74, 6) is 0.437. The quantitative estimate of drug-likeness (QED) is 0.886. The van der Waals surface area contributed by atoms with E-state index in [4.69, 9.17) is 0 Å². The number of rotatable bonds is 4. The molecule has 1 aliphatic carbocycles. The Morgan fingerprint density at radius 1 is 1.10 bits per heavy atom. The maximum absolute atomic E-state index is 9.81. The second kappa shape index (κ2) is 5.74. The lowest BCUT2D eigenvalue weighted by Crippen LogP contribution is -2.43. The van der Waals surface area contributed by atoms with E-state index in [1.807, 2.05) is 13.8 Å². The van der Waals surface area contributed by atoms with Crippen molar-refractivity contribution in [3.8, 4) is 5.75 Å². The third-order valence-electron chi connectivity index (χ3n) is 4.74. The Bertz CT molecular complexity index is 451. The van der Waals surface area contributed by atoms with Gasteiger partial charge in [-0.1, -0.05) is 12.1 Å². The van der Waals surface area contributed by atoms with Gasteiger partial charge in [-0.05, 0) is 69.3 Å². The van der Waals surface area contributed by atoms with Crippen molar-refractivity contribution in [2.45, 2.75) is 58.2 Å². The van der Waals surface area contributed by atoms with Crippen LogP contribution >= 0.6 is 0 Å². The molecule has 0 unspecified atom stereocenters. The summed E-state index contributed by atoms with van der Waals surface area (Å²) in [6.07, 6.45) is 5.38. The number of piperidine rings is 1. The molecule has 2 fully saturated rings. The number of benzene rings is 1. The molecule has 0 amide bonds. The first kappa shape index (κ1) is 13.9. The molecule has 0 bridgehead atoms. The molecule has 1 aromatic carbocycles. The zero-order chi connectivity index (χ0) is 14.1. The van der Waals surface area contributed by atoms with Crippen LogP contribution in [0.15, 0.2) is 12.1 Å². The molecule has 1 aromatic rings. The van der Waals surface area contributed by atoms with Crippen molar-refractivity contribution >= 4 is 0 Å². The van der Waals surface area contributed by atoms with Crippen LogP contribution in [0.5, 0.6) is 5.75 Å². The normalized spacial score (nSPS) is 21.3. The van der Waals surface area contributed by atoms with E-state index < -0.39 is 0 Å². The molecule has 0 aromatic heterocycles. The molecule has 3 nitrogen and oxygen atoms in total. The van der Waals surface area contributed by atoms with Gasteiger partial charge < -0.3 is 15.3 Å². The molecule has 2 N–H and O–H groups in total. The molecule has 0 atom stereocenters. The highest BCUT2D eigenvalue weighted by atomic mass is 16.3. The summed E-state index contributed by atoms with van der Waals surface area (Å²) in [7, 11) is 0. The third-order valence-corrected chi connectivity index (χ3v) is 4.74. The Balaban J connectivity index is 1.50. The predicted octanol–water partition coefficient (Wildman–Crippen LogP) is 2.73. The van der Waals surface area contributed by atoms with Crippen molar-refractivity contribution in [3.63, 3.8) is 0 Å². The van der Waals surface area contributed by atoms with Crippen molar-refractivity contribution in [3.05, 3.63) is 28.8 Å². The third kappa shape index (κ3) is 3.15. The number of nitrogens with zero attached hydrogens (tertiary/aromatic N) is 1. The van der Waals surface area contributed by atoms with E-state index in [1.54, 1.807) is 0 Å². The Hall–Kier alpha value is -1.06. The summed E-state index contributed by atoms with van der Waals surface area (Å²) in [4.78, 5) is 2.66. The topological polar surface area (TPSA) is 35.5 Å². The van der Waals surface area contributed by atoms with Crippen molar-refractivity contribution in [1.29, 1.82) is 0 Å². The largest absolute Gasteiger partial charge is 0.507 e. The van der Waals surface area contributed by atoms with Crippen LogP contribution in [0.25, 0.3) is 0 Å².